The fourth-order valence-electron chi connectivity index (χ4n) is 3.21. The highest BCUT2D eigenvalue weighted by Crippen LogP contribution is 2.29. The van der Waals surface area contributed by atoms with Crippen molar-refractivity contribution in [2.45, 2.75) is 48.6 Å². The molecule has 0 atom stereocenters. The number of hydrogen-bond donors (Lipinski definition) is 1. The summed E-state index contributed by atoms with van der Waals surface area (Å²) in [4.78, 5) is 12.0. The number of nitrogens with one attached hydrogen (secondary N) is 1. The van der Waals surface area contributed by atoms with Crippen LogP contribution < -0.4 is 5.32 Å². The van der Waals surface area contributed by atoms with Gasteiger partial charge in [-0.15, -0.1) is 10.2 Å². The van der Waals surface area contributed by atoms with Crippen LogP contribution in [-0.4, -0.2) is 24.5 Å². The highest BCUT2D eigenvalue weighted by molar-refractivity contribution is 7.92. The van der Waals surface area contributed by atoms with E-state index in [4.69, 9.17) is 5.26 Å². The average molecular weight is 405 g/mol. The van der Waals surface area contributed by atoms with Crippen LogP contribution in [0.1, 0.15) is 49.7 Å². The summed E-state index contributed by atoms with van der Waals surface area (Å²) in [5.74, 6) is 0.182. The van der Waals surface area contributed by atoms with Gasteiger partial charge in [0.15, 0.2) is 0 Å². The van der Waals surface area contributed by atoms with Crippen molar-refractivity contribution >= 4 is 32.2 Å². The Kier molecular flexibility index (Phi) is 6.19. The number of benzene rings is 1. The minimum atomic E-state index is -3.69. The van der Waals surface area contributed by atoms with E-state index in [9.17, 15) is 13.2 Å². The lowest BCUT2D eigenvalue weighted by atomic mass is 10.0. The smallest absolute Gasteiger partial charge is 0.234 e. The normalized spacial score (nSPS) is 14.8. The topological polar surface area (TPSA) is 113 Å². The maximum absolute atomic E-state index is 12.5. The van der Waals surface area contributed by atoms with Gasteiger partial charge >= 0.3 is 0 Å². The molecule has 27 heavy (non-hydrogen) atoms. The van der Waals surface area contributed by atoms with Crippen LogP contribution in [0.15, 0.2) is 28.6 Å². The molecule has 0 radical (unpaired) electrons. The third-order valence-corrected chi connectivity index (χ3v) is 7.56. The van der Waals surface area contributed by atoms with Crippen molar-refractivity contribution in [1.29, 1.82) is 5.26 Å². The number of nitrogens with zero attached hydrogens (tertiary/aromatic N) is 3. The molecule has 1 aromatic heterocycles. The lowest BCUT2D eigenvalue weighted by molar-refractivity contribution is -0.116. The lowest BCUT2D eigenvalue weighted by Crippen LogP contribution is -2.12. The zero-order valence-electron chi connectivity index (χ0n) is 14.7. The van der Waals surface area contributed by atoms with Gasteiger partial charge in [0, 0.05) is 6.42 Å². The number of carbonyl (C=O) groups is 1. The van der Waals surface area contributed by atoms with Gasteiger partial charge in [0.25, 0.3) is 0 Å². The van der Waals surface area contributed by atoms with Gasteiger partial charge < -0.3 is 5.32 Å². The molecule has 7 nitrogen and oxygen atoms in total. The number of sulfone groups is 1. The molecule has 0 aliphatic heterocycles. The van der Waals surface area contributed by atoms with Gasteiger partial charge in [-0.1, -0.05) is 49.2 Å². The van der Waals surface area contributed by atoms with E-state index >= 15 is 0 Å². The molecule has 1 N–H and O–H groups in total. The molecule has 1 fully saturated rings. The average Bonchev–Trinajstić information content (AvgIpc) is 3.32. The third kappa shape index (κ3) is 5.34. The van der Waals surface area contributed by atoms with Gasteiger partial charge in [-0.05, 0) is 30.0 Å². The Morgan fingerprint density at radius 1 is 1.30 bits per heavy atom. The predicted octanol–water partition coefficient (Wildman–Crippen LogP) is 3.29. The van der Waals surface area contributed by atoms with E-state index in [0.717, 1.165) is 17.8 Å². The zero-order valence-corrected chi connectivity index (χ0v) is 16.4. The van der Waals surface area contributed by atoms with E-state index in [2.05, 4.69) is 15.5 Å². The first-order chi connectivity index (χ1) is 13.0. The number of hydrogen-bond acceptors (Lipinski definition) is 7. The summed E-state index contributed by atoms with van der Waals surface area (Å²) >= 11 is 0.848. The van der Waals surface area contributed by atoms with E-state index in [1.807, 2.05) is 6.07 Å². The largest absolute Gasteiger partial charge is 0.301 e. The second kappa shape index (κ2) is 8.59. The number of carbonyl (C=O) groups excluding carboxylic acids is 1. The van der Waals surface area contributed by atoms with Crippen molar-refractivity contribution in [3.8, 4) is 6.07 Å². The van der Waals surface area contributed by atoms with E-state index in [0.29, 0.717) is 23.5 Å². The maximum Gasteiger partial charge on any atom is 0.234 e. The molecule has 0 spiro atoms. The minimum absolute atomic E-state index is 0.143. The summed E-state index contributed by atoms with van der Waals surface area (Å²) in [6, 6.07) is 8.41. The first-order valence-electron chi connectivity index (χ1n) is 8.81. The summed E-state index contributed by atoms with van der Waals surface area (Å²) < 4.78 is 24.9. The van der Waals surface area contributed by atoms with Crippen LogP contribution in [0, 0.1) is 17.2 Å². The van der Waals surface area contributed by atoms with E-state index in [1.54, 1.807) is 18.2 Å². The molecule has 3 rings (SSSR count). The first-order valence-corrected chi connectivity index (χ1v) is 11.3. The van der Waals surface area contributed by atoms with Gasteiger partial charge in [0.05, 0.1) is 17.4 Å². The number of anilines is 1. The van der Waals surface area contributed by atoms with Gasteiger partial charge in [0.2, 0.25) is 25.2 Å². The summed E-state index contributed by atoms with van der Waals surface area (Å²) in [6.45, 7) is 0. The van der Waals surface area contributed by atoms with Crippen LogP contribution in [0.2, 0.25) is 0 Å². The molecule has 0 unspecified atom stereocenters. The summed E-state index contributed by atoms with van der Waals surface area (Å²) in [7, 11) is -3.69. The van der Waals surface area contributed by atoms with Crippen molar-refractivity contribution in [1.82, 2.24) is 10.2 Å². The molecular formula is C18H20N4O3S2. The summed E-state index contributed by atoms with van der Waals surface area (Å²) in [5.41, 5.74) is 0.904. The predicted molar refractivity (Wildman–Crippen MR) is 102 cm³/mol. The Hall–Kier alpha value is -2.31. The van der Waals surface area contributed by atoms with Crippen LogP contribution >= 0.6 is 11.3 Å². The quantitative estimate of drug-likeness (QED) is 0.709. The molecular weight excluding hydrogens is 384 g/mol. The fourth-order valence-corrected chi connectivity index (χ4v) is 5.54. The monoisotopic (exact) mass is 404 g/mol. The van der Waals surface area contributed by atoms with Gasteiger partial charge in [-0.25, -0.2) is 8.42 Å². The Bertz CT molecular complexity index is 957. The van der Waals surface area contributed by atoms with Gasteiger partial charge in [-0.3, -0.25) is 4.79 Å². The molecule has 0 saturated heterocycles. The van der Waals surface area contributed by atoms with Crippen LogP contribution in [0.25, 0.3) is 0 Å². The number of nitriles is 1. The summed E-state index contributed by atoms with van der Waals surface area (Å²) in [5, 5.41) is 19.2. The van der Waals surface area contributed by atoms with Crippen LogP contribution in [0.3, 0.4) is 0 Å². The second-order valence-electron chi connectivity index (χ2n) is 6.68. The Morgan fingerprint density at radius 3 is 2.81 bits per heavy atom. The fraction of sp³-hybridized carbons (Fsp3) is 0.444. The Morgan fingerprint density at radius 2 is 2.07 bits per heavy atom. The Balaban J connectivity index is 1.59. The zero-order chi connectivity index (χ0) is 19.3. The van der Waals surface area contributed by atoms with E-state index < -0.39 is 9.84 Å². The Labute approximate surface area is 162 Å². The van der Waals surface area contributed by atoms with E-state index in [-0.39, 0.29) is 21.1 Å². The molecule has 0 bridgehead atoms. The van der Waals surface area contributed by atoms with E-state index in [1.165, 1.54) is 31.7 Å². The van der Waals surface area contributed by atoms with Crippen molar-refractivity contribution in [2.75, 3.05) is 5.32 Å². The van der Waals surface area contributed by atoms with Crippen LogP contribution in [0.5, 0.6) is 0 Å². The van der Waals surface area contributed by atoms with Crippen LogP contribution in [0.4, 0.5) is 5.13 Å². The summed E-state index contributed by atoms with van der Waals surface area (Å²) in [6.07, 6.45) is 6.10. The number of aromatic nitrogens is 2. The maximum atomic E-state index is 12.5. The minimum Gasteiger partial charge on any atom is -0.301 e. The molecule has 1 heterocycles. The molecule has 1 aliphatic carbocycles. The van der Waals surface area contributed by atoms with Crippen molar-refractivity contribution in [3.05, 3.63) is 35.4 Å². The third-order valence-electron chi connectivity index (χ3n) is 4.59. The molecule has 9 heteroatoms. The van der Waals surface area contributed by atoms with Gasteiger partial charge in [-0.2, -0.15) is 5.26 Å². The molecule has 2 aromatic rings. The SMILES string of the molecule is N#Cc1cccc(CS(=O)(=O)c2nnc(NC(=O)CCC3CCCC3)s2)c1. The second-order valence-corrected chi connectivity index (χ2v) is 9.82. The van der Waals surface area contributed by atoms with Gasteiger partial charge in [0.1, 0.15) is 0 Å². The lowest BCUT2D eigenvalue weighted by Gasteiger charge is -2.07. The molecule has 1 amide bonds. The van der Waals surface area contributed by atoms with Crippen molar-refractivity contribution < 1.29 is 13.2 Å². The van der Waals surface area contributed by atoms with Crippen molar-refractivity contribution in [2.24, 2.45) is 5.92 Å². The number of amides is 1. The molecule has 1 saturated carbocycles. The van der Waals surface area contributed by atoms with Crippen LogP contribution in [-0.2, 0) is 20.4 Å². The standard InChI is InChI=1S/C18H20N4O3S2/c19-11-14-6-3-7-15(10-14)12-27(24,25)18-22-21-17(26-18)20-16(23)9-8-13-4-1-2-5-13/h3,6-7,10,13H,1-2,4-5,8-9,12H2,(H,20,21,23). The molecule has 1 aliphatic rings. The molecule has 142 valence electrons. The highest BCUT2D eigenvalue weighted by Gasteiger charge is 2.22. The van der Waals surface area contributed by atoms with Crippen molar-refractivity contribution in [3.63, 3.8) is 0 Å². The highest BCUT2D eigenvalue weighted by atomic mass is 32.2. The first kappa shape index (κ1) is 19.5. The molecule has 1 aromatic carbocycles. The number of rotatable bonds is 7.